The van der Waals surface area contributed by atoms with Crippen molar-refractivity contribution in [1.82, 2.24) is 10.3 Å². The third-order valence-electron chi connectivity index (χ3n) is 4.60. The summed E-state index contributed by atoms with van der Waals surface area (Å²) in [6.45, 7) is 3.56. The van der Waals surface area contributed by atoms with Gasteiger partial charge in [0.2, 0.25) is 5.96 Å². The normalized spacial score (nSPS) is 18.5. The molecule has 2 aliphatic heterocycles. The van der Waals surface area contributed by atoms with Gasteiger partial charge in [-0.25, -0.2) is 10.0 Å². The van der Waals surface area contributed by atoms with Crippen molar-refractivity contribution in [2.24, 2.45) is 10.1 Å². The molecule has 0 aromatic heterocycles. The van der Waals surface area contributed by atoms with E-state index in [2.05, 4.69) is 21.5 Å². The number of Topliss-reactive ketones (excluding diaryl/α,β-unsaturated/α-hetero) is 1. The molecule has 0 saturated carbocycles. The third kappa shape index (κ3) is 3.05. The minimum Gasteiger partial charge on any atom is -0.353 e. The van der Waals surface area contributed by atoms with Crippen molar-refractivity contribution in [3.63, 3.8) is 0 Å². The number of nitrogens with one attached hydrogen (secondary N) is 1. The summed E-state index contributed by atoms with van der Waals surface area (Å²) >= 11 is 0. The Hall–Kier alpha value is -2.95. The minimum absolute atomic E-state index is 0.112. The number of rotatable bonds is 3. The number of nitrogens with zero attached hydrogens (tertiary/aromatic N) is 3. The van der Waals surface area contributed by atoms with Gasteiger partial charge in [-0.2, -0.15) is 5.10 Å². The molecule has 4 rings (SSSR count). The second kappa shape index (κ2) is 6.51. The summed E-state index contributed by atoms with van der Waals surface area (Å²) < 4.78 is 0. The van der Waals surface area contributed by atoms with Crippen LogP contribution in [0.25, 0.3) is 0 Å². The van der Waals surface area contributed by atoms with Gasteiger partial charge in [0.25, 0.3) is 0 Å². The van der Waals surface area contributed by atoms with Crippen molar-refractivity contribution in [2.45, 2.75) is 19.4 Å². The highest BCUT2D eigenvalue weighted by molar-refractivity contribution is 5.97. The first kappa shape index (κ1) is 15.6. The van der Waals surface area contributed by atoms with Crippen LogP contribution in [-0.2, 0) is 0 Å². The fraction of sp³-hybridized carbons (Fsp3) is 0.250. The molecule has 0 radical (unpaired) electrons. The molecule has 0 fully saturated rings. The molecule has 0 aliphatic carbocycles. The molecule has 2 heterocycles. The van der Waals surface area contributed by atoms with Gasteiger partial charge in [0.1, 0.15) is 0 Å². The molecule has 2 aliphatic rings. The highest BCUT2D eigenvalue weighted by atomic mass is 16.1. The zero-order valence-corrected chi connectivity index (χ0v) is 14.1. The van der Waals surface area contributed by atoms with Gasteiger partial charge in [-0.1, -0.05) is 54.1 Å². The second-order valence-corrected chi connectivity index (χ2v) is 6.36. The maximum Gasteiger partial charge on any atom is 0.215 e. The number of hydrazone groups is 1. The van der Waals surface area contributed by atoms with Crippen molar-refractivity contribution in [3.8, 4) is 0 Å². The van der Waals surface area contributed by atoms with E-state index in [0.717, 1.165) is 41.3 Å². The first-order chi connectivity index (χ1) is 12.2. The second-order valence-electron chi connectivity index (χ2n) is 6.36. The molecule has 126 valence electrons. The Balaban J connectivity index is 1.66. The van der Waals surface area contributed by atoms with Crippen LogP contribution in [-0.4, -0.2) is 36.1 Å². The average molecular weight is 332 g/mol. The third-order valence-corrected chi connectivity index (χ3v) is 4.60. The smallest absolute Gasteiger partial charge is 0.215 e. The highest BCUT2D eigenvalue weighted by Gasteiger charge is 2.31. The Bertz CT molecular complexity index is 854. The predicted octanol–water partition coefficient (Wildman–Crippen LogP) is 2.92. The topological polar surface area (TPSA) is 57.1 Å². The Morgan fingerprint density at radius 2 is 2.00 bits per heavy atom. The van der Waals surface area contributed by atoms with Gasteiger partial charge in [-0.05, 0) is 18.1 Å². The number of fused-ring (bicyclic) bond motifs is 1. The number of hydrogen-bond donors (Lipinski definition) is 1. The standard InChI is InChI=1S/C20H20N4O/c1-14-6-8-15(9-7-14)19(25)12-18-17-5-3-2-4-16(17)13-23-24(18)20-21-10-11-22-20/h2-9,13,18H,10-12H2,1H3,(H,21,22)/t18-/m0/s1. The molecule has 25 heavy (non-hydrogen) atoms. The van der Waals surface area contributed by atoms with Crippen molar-refractivity contribution in [3.05, 3.63) is 70.8 Å². The number of benzene rings is 2. The Morgan fingerprint density at radius 1 is 1.20 bits per heavy atom. The summed E-state index contributed by atoms with van der Waals surface area (Å²) in [5, 5.41) is 9.66. The average Bonchev–Trinajstić information content (AvgIpc) is 3.17. The molecular weight excluding hydrogens is 312 g/mol. The predicted molar refractivity (Wildman–Crippen MR) is 99.0 cm³/mol. The molecule has 5 nitrogen and oxygen atoms in total. The minimum atomic E-state index is -0.153. The Morgan fingerprint density at radius 3 is 2.76 bits per heavy atom. The van der Waals surface area contributed by atoms with Gasteiger partial charge in [0, 0.05) is 18.5 Å². The van der Waals surface area contributed by atoms with Crippen LogP contribution in [0.3, 0.4) is 0 Å². The molecule has 0 bridgehead atoms. The molecule has 1 N–H and O–H groups in total. The molecule has 1 atom stereocenters. The lowest BCUT2D eigenvalue weighted by Crippen LogP contribution is -2.40. The number of guanidine groups is 1. The van der Waals surface area contributed by atoms with E-state index >= 15 is 0 Å². The van der Waals surface area contributed by atoms with Crippen molar-refractivity contribution in [1.29, 1.82) is 0 Å². The highest BCUT2D eigenvalue weighted by Crippen LogP contribution is 2.32. The molecular formula is C20H20N4O. The van der Waals surface area contributed by atoms with Crippen molar-refractivity contribution < 1.29 is 4.79 Å². The van der Waals surface area contributed by atoms with E-state index in [4.69, 9.17) is 0 Å². The monoisotopic (exact) mass is 332 g/mol. The number of ketones is 1. The maximum atomic E-state index is 12.9. The van der Waals surface area contributed by atoms with Gasteiger partial charge < -0.3 is 5.32 Å². The molecule has 0 unspecified atom stereocenters. The van der Waals surface area contributed by atoms with E-state index < -0.39 is 0 Å². The number of carbonyl (C=O) groups excluding carboxylic acids is 1. The first-order valence-corrected chi connectivity index (χ1v) is 8.53. The van der Waals surface area contributed by atoms with Gasteiger partial charge in [0.15, 0.2) is 5.78 Å². The van der Waals surface area contributed by atoms with Crippen LogP contribution in [0.2, 0.25) is 0 Å². The molecule has 5 heteroatoms. The quantitative estimate of drug-likeness (QED) is 0.879. The van der Waals surface area contributed by atoms with Gasteiger partial charge in [-0.3, -0.25) is 4.79 Å². The van der Waals surface area contributed by atoms with Gasteiger partial charge in [0.05, 0.1) is 18.8 Å². The van der Waals surface area contributed by atoms with E-state index in [1.54, 1.807) is 0 Å². The van der Waals surface area contributed by atoms with Gasteiger partial charge >= 0.3 is 0 Å². The molecule has 2 aromatic carbocycles. The van der Waals surface area contributed by atoms with E-state index in [0.29, 0.717) is 6.42 Å². The van der Waals surface area contributed by atoms with Crippen LogP contribution in [0.4, 0.5) is 0 Å². The number of aryl methyl sites for hydroxylation is 1. The molecule has 0 spiro atoms. The number of hydrogen-bond acceptors (Lipinski definition) is 5. The number of carbonyl (C=O) groups is 1. The van der Waals surface area contributed by atoms with Gasteiger partial charge in [-0.15, -0.1) is 0 Å². The molecule has 0 saturated heterocycles. The number of aliphatic imine (C=N–C) groups is 1. The van der Waals surface area contributed by atoms with Crippen molar-refractivity contribution in [2.75, 3.05) is 13.1 Å². The summed E-state index contributed by atoms with van der Waals surface area (Å²) in [4.78, 5) is 17.3. The lowest BCUT2D eigenvalue weighted by Gasteiger charge is -2.32. The zero-order valence-electron chi connectivity index (χ0n) is 14.1. The largest absolute Gasteiger partial charge is 0.353 e. The van der Waals surface area contributed by atoms with E-state index in [9.17, 15) is 4.79 Å². The van der Waals surface area contributed by atoms with Crippen LogP contribution in [0.15, 0.2) is 58.6 Å². The first-order valence-electron chi connectivity index (χ1n) is 8.53. The van der Waals surface area contributed by atoms with E-state index in [1.165, 1.54) is 0 Å². The van der Waals surface area contributed by atoms with Crippen LogP contribution in [0.1, 0.15) is 39.5 Å². The fourth-order valence-electron chi connectivity index (χ4n) is 3.24. The Kier molecular flexibility index (Phi) is 4.06. The van der Waals surface area contributed by atoms with E-state index in [-0.39, 0.29) is 11.8 Å². The van der Waals surface area contributed by atoms with Crippen LogP contribution in [0.5, 0.6) is 0 Å². The summed E-state index contributed by atoms with van der Waals surface area (Å²) in [6.07, 6.45) is 2.20. The Labute approximate surface area is 147 Å². The zero-order chi connectivity index (χ0) is 17.2. The molecule has 2 aromatic rings. The summed E-state index contributed by atoms with van der Waals surface area (Å²) in [5.41, 5.74) is 4.04. The molecule has 0 amide bonds. The summed E-state index contributed by atoms with van der Waals surface area (Å²) in [6, 6.07) is 15.7. The van der Waals surface area contributed by atoms with Crippen LogP contribution >= 0.6 is 0 Å². The van der Waals surface area contributed by atoms with E-state index in [1.807, 2.05) is 60.6 Å². The van der Waals surface area contributed by atoms with Crippen LogP contribution in [0, 0.1) is 6.92 Å². The summed E-state index contributed by atoms with van der Waals surface area (Å²) in [5.74, 6) is 0.855. The lowest BCUT2D eigenvalue weighted by molar-refractivity contribution is 0.0948. The maximum absolute atomic E-state index is 12.9. The lowest BCUT2D eigenvalue weighted by atomic mass is 9.93. The van der Waals surface area contributed by atoms with Crippen LogP contribution < -0.4 is 5.32 Å². The summed E-state index contributed by atoms with van der Waals surface area (Å²) in [7, 11) is 0. The SMILES string of the molecule is Cc1ccc(C(=O)C[C@H]2c3ccccc3C=NN2C2=NCCN2)cc1. The van der Waals surface area contributed by atoms with Crippen molar-refractivity contribution >= 4 is 18.0 Å². The fourth-order valence-corrected chi connectivity index (χ4v) is 3.24.